The molecule has 0 bridgehead atoms. The molecule has 2 aromatic rings. The summed E-state index contributed by atoms with van der Waals surface area (Å²) < 4.78 is 11.0. The fourth-order valence-electron chi connectivity index (χ4n) is 2.72. The van der Waals surface area contributed by atoms with Gasteiger partial charge in [0, 0.05) is 6.07 Å². The van der Waals surface area contributed by atoms with Gasteiger partial charge in [0.05, 0.1) is 30.1 Å². The van der Waals surface area contributed by atoms with Crippen molar-refractivity contribution >= 4 is 23.2 Å². The van der Waals surface area contributed by atoms with Crippen LogP contribution in [0.25, 0.3) is 0 Å². The van der Waals surface area contributed by atoms with Gasteiger partial charge in [-0.15, -0.1) is 0 Å². The van der Waals surface area contributed by atoms with E-state index >= 15 is 0 Å². The highest BCUT2D eigenvalue weighted by Crippen LogP contribution is 2.32. The Hall–Kier alpha value is -3.53. The van der Waals surface area contributed by atoms with Crippen molar-refractivity contribution in [1.29, 1.82) is 5.26 Å². The lowest BCUT2D eigenvalue weighted by Gasteiger charge is -2.31. The maximum absolute atomic E-state index is 12.9. The first kappa shape index (κ1) is 17.3. The van der Waals surface area contributed by atoms with E-state index in [1.54, 1.807) is 43.3 Å². The van der Waals surface area contributed by atoms with E-state index in [1.165, 1.54) is 18.1 Å². The van der Waals surface area contributed by atoms with E-state index in [2.05, 4.69) is 5.32 Å². The number of methoxy groups -OCH3 is 1. The van der Waals surface area contributed by atoms with Crippen LogP contribution in [0.15, 0.2) is 42.5 Å². The Kier molecular flexibility index (Phi) is 4.76. The van der Waals surface area contributed by atoms with Crippen molar-refractivity contribution < 1.29 is 19.1 Å². The quantitative estimate of drug-likeness (QED) is 0.913. The van der Waals surface area contributed by atoms with Crippen molar-refractivity contribution in [3.63, 3.8) is 0 Å². The minimum absolute atomic E-state index is 0.0753. The number of hydrogen-bond acceptors (Lipinski definition) is 5. The maximum Gasteiger partial charge on any atom is 0.268 e. The molecule has 1 heterocycles. The van der Waals surface area contributed by atoms with Crippen LogP contribution in [-0.4, -0.2) is 31.6 Å². The standard InChI is InChI=1S/C19H17N3O4/c1-12(26-16-8-7-13(10-20)9-17(16)25-2)19(24)22-11-18(23)21-14-5-3-4-6-15(14)22/h3-9,12H,11H2,1-2H3,(H,21,23)/t12-/m0/s1. The predicted molar refractivity (Wildman–Crippen MR) is 95.2 cm³/mol. The van der Waals surface area contributed by atoms with Gasteiger partial charge in [-0.3, -0.25) is 14.5 Å². The number of nitriles is 1. The Bertz CT molecular complexity index is 904. The fourth-order valence-corrected chi connectivity index (χ4v) is 2.72. The van der Waals surface area contributed by atoms with E-state index in [0.717, 1.165) is 0 Å². The van der Waals surface area contributed by atoms with Gasteiger partial charge in [-0.1, -0.05) is 12.1 Å². The van der Waals surface area contributed by atoms with Crippen LogP contribution in [0.4, 0.5) is 11.4 Å². The molecular formula is C19H17N3O4. The SMILES string of the molecule is COc1cc(C#N)ccc1O[C@@H](C)C(=O)N1CC(=O)Nc2ccccc21. The monoisotopic (exact) mass is 351 g/mol. The largest absolute Gasteiger partial charge is 0.493 e. The summed E-state index contributed by atoms with van der Waals surface area (Å²) in [6.45, 7) is 1.53. The van der Waals surface area contributed by atoms with Gasteiger partial charge in [0.1, 0.15) is 6.54 Å². The third-order valence-electron chi connectivity index (χ3n) is 3.98. The fraction of sp³-hybridized carbons (Fsp3) is 0.211. The van der Waals surface area contributed by atoms with Gasteiger partial charge in [0.25, 0.3) is 5.91 Å². The molecule has 0 fully saturated rings. The lowest BCUT2D eigenvalue weighted by atomic mass is 10.1. The van der Waals surface area contributed by atoms with Crippen LogP contribution in [0, 0.1) is 11.3 Å². The molecule has 0 unspecified atom stereocenters. The summed E-state index contributed by atoms with van der Waals surface area (Å²) in [5, 5.41) is 11.7. The van der Waals surface area contributed by atoms with Crippen LogP contribution in [0.1, 0.15) is 12.5 Å². The van der Waals surface area contributed by atoms with E-state index in [-0.39, 0.29) is 18.4 Å². The second-order valence-corrected chi connectivity index (χ2v) is 5.73. The average Bonchev–Trinajstić information content (AvgIpc) is 2.66. The molecule has 1 aliphatic heterocycles. The van der Waals surface area contributed by atoms with E-state index in [0.29, 0.717) is 28.4 Å². The Morgan fingerprint density at radius 2 is 2.04 bits per heavy atom. The zero-order valence-electron chi connectivity index (χ0n) is 14.4. The van der Waals surface area contributed by atoms with Crippen molar-refractivity contribution in [3.8, 4) is 17.6 Å². The Morgan fingerprint density at radius 1 is 1.27 bits per heavy atom. The minimum atomic E-state index is -0.851. The van der Waals surface area contributed by atoms with Crippen LogP contribution < -0.4 is 19.7 Å². The molecule has 1 atom stereocenters. The molecular weight excluding hydrogens is 334 g/mol. The van der Waals surface area contributed by atoms with Gasteiger partial charge in [-0.2, -0.15) is 5.26 Å². The number of hydrogen-bond donors (Lipinski definition) is 1. The first-order chi connectivity index (χ1) is 12.5. The maximum atomic E-state index is 12.9. The number of ether oxygens (including phenoxy) is 2. The van der Waals surface area contributed by atoms with Crippen LogP contribution in [0.2, 0.25) is 0 Å². The smallest absolute Gasteiger partial charge is 0.268 e. The third kappa shape index (κ3) is 3.30. The Morgan fingerprint density at radius 3 is 2.77 bits per heavy atom. The van der Waals surface area contributed by atoms with E-state index in [9.17, 15) is 9.59 Å². The highest BCUT2D eigenvalue weighted by atomic mass is 16.5. The molecule has 0 spiro atoms. The van der Waals surface area contributed by atoms with Crippen molar-refractivity contribution in [3.05, 3.63) is 48.0 Å². The zero-order chi connectivity index (χ0) is 18.7. The average molecular weight is 351 g/mol. The number of anilines is 2. The summed E-state index contributed by atoms with van der Waals surface area (Å²) in [5.41, 5.74) is 1.63. The van der Waals surface area contributed by atoms with Gasteiger partial charge in [0.2, 0.25) is 5.91 Å². The molecule has 2 amide bonds. The van der Waals surface area contributed by atoms with Crippen molar-refractivity contribution in [2.45, 2.75) is 13.0 Å². The number of benzene rings is 2. The van der Waals surface area contributed by atoms with E-state index < -0.39 is 6.10 Å². The second-order valence-electron chi connectivity index (χ2n) is 5.73. The number of nitrogens with zero attached hydrogens (tertiary/aromatic N) is 2. The van der Waals surface area contributed by atoms with Crippen LogP contribution in [-0.2, 0) is 9.59 Å². The molecule has 3 rings (SSSR count). The Labute approximate surface area is 150 Å². The highest BCUT2D eigenvalue weighted by molar-refractivity contribution is 6.10. The molecule has 0 saturated heterocycles. The van der Waals surface area contributed by atoms with Crippen LogP contribution in [0.5, 0.6) is 11.5 Å². The topological polar surface area (TPSA) is 91.7 Å². The summed E-state index contributed by atoms with van der Waals surface area (Å²) in [5.74, 6) is 0.0986. The molecule has 0 aliphatic carbocycles. The number of rotatable bonds is 4. The highest BCUT2D eigenvalue weighted by Gasteiger charge is 2.30. The molecule has 132 valence electrons. The minimum Gasteiger partial charge on any atom is -0.493 e. The number of nitrogens with one attached hydrogen (secondary N) is 1. The lowest BCUT2D eigenvalue weighted by Crippen LogP contribution is -2.47. The Balaban J connectivity index is 1.83. The number of fused-ring (bicyclic) bond motifs is 1. The van der Waals surface area contributed by atoms with E-state index in [1.807, 2.05) is 6.07 Å². The van der Waals surface area contributed by atoms with Crippen LogP contribution >= 0.6 is 0 Å². The van der Waals surface area contributed by atoms with Gasteiger partial charge in [-0.25, -0.2) is 0 Å². The van der Waals surface area contributed by atoms with Gasteiger partial charge < -0.3 is 14.8 Å². The second kappa shape index (κ2) is 7.15. The van der Waals surface area contributed by atoms with Crippen molar-refractivity contribution in [2.75, 3.05) is 23.9 Å². The number of para-hydroxylation sites is 2. The third-order valence-corrected chi connectivity index (χ3v) is 3.98. The van der Waals surface area contributed by atoms with Gasteiger partial charge in [0.15, 0.2) is 17.6 Å². The van der Waals surface area contributed by atoms with E-state index in [4.69, 9.17) is 14.7 Å². The summed E-state index contributed by atoms with van der Waals surface area (Å²) in [7, 11) is 1.46. The summed E-state index contributed by atoms with van der Waals surface area (Å²) in [6, 6.07) is 13.8. The van der Waals surface area contributed by atoms with Crippen molar-refractivity contribution in [2.24, 2.45) is 0 Å². The normalized spacial score (nSPS) is 13.9. The summed E-state index contributed by atoms with van der Waals surface area (Å²) >= 11 is 0. The lowest BCUT2D eigenvalue weighted by molar-refractivity contribution is -0.126. The number of carbonyl (C=O) groups is 2. The first-order valence-electron chi connectivity index (χ1n) is 7.98. The zero-order valence-corrected chi connectivity index (χ0v) is 14.4. The molecule has 0 aromatic heterocycles. The van der Waals surface area contributed by atoms with Crippen LogP contribution in [0.3, 0.4) is 0 Å². The van der Waals surface area contributed by atoms with Gasteiger partial charge >= 0.3 is 0 Å². The molecule has 26 heavy (non-hydrogen) atoms. The van der Waals surface area contributed by atoms with Crippen molar-refractivity contribution in [1.82, 2.24) is 0 Å². The first-order valence-corrected chi connectivity index (χ1v) is 7.98. The molecule has 7 heteroatoms. The van der Waals surface area contributed by atoms with Gasteiger partial charge in [-0.05, 0) is 31.2 Å². The summed E-state index contributed by atoms with van der Waals surface area (Å²) in [6.07, 6.45) is -0.851. The molecule has 0 radical (unpaired) electrons. The number of carbonyl (C=O) groups excluding carboxylic acids is 2. The molecule has 1 aliphatic rings. The molecule has 1 N–H and O–H groups in total. The predicted octanol–water partition coefficient (Wildman–Crippen LogP) is 2.32. The summed E-state index contributed by atoms with van der Waals surface area (Å²) in [4.78, 5) is 26.2. The molecule has 2 aromatic carbocycles. The number of amides is 2. The molecule has 7 nitrogen and oxygen atoms in total. The molecule has 0 saturated carbocycles.